The van der Waals surface area contributed by atoms with E-state index in [0.717, 1.165) is 16.3 Å². The van der Waals surface area contributed by atoms with Gasteiger partial charge < -0.3 is 5.32 Å². The molecule has 1 aliphatic heterocycles. The van der Waals surface area contributed by atoms with Crippen molar-refractivity contribution in [2.75, 3.05) is 5.32 Å². The van der Waals surface area contributed by atoms with Crippen molar-refractivity contribution in [3.8, 4) is 0 Å². The molecule has 2 heterocycles. The smallest absolute Gasteiger partial charge is 0.270 e. The zero-order chi connectivity index (χ0) is 16.8. The maximum atomic E-state index is 12.6. The van der Waals surface area contributed by atoms with Crippen LogP contribution in [0.2, 0.25) is 0 Å². The van der Waals surface area contributed by atoms with Gasteiger partial charge >= 0.3 is 0 Å². The van der Waals surface area contributed by atoms with Gasteiger partial charge in [-0.3, -0.25) is 19.4 Å². The number of hydrogen-bond donors (Lipinski definition) is 2. The molecule has 5 nitrogen and oxygen atoms in total. The quantitative estimate of drug-likeness (QED) is 0.760. The third-order valence-electron chi connectivity index (χ3n) is 4.67. The highest BCUT2D eigenvalue weighted by atomic mass is 16.2. The van der Waals surface area contributed by atoms with Crippen molar-refractivity contribution in [3.05, 3.63) is 63.9 Å². The maximum absolute atomic E-state index is 12.6. The molecule has 1 aliphatic rings. The molecule has 1 aromatic heterocycles. The van der Waals surface area contributed by atoms with Crippen LogP contribution >= 0.6 is 0 Å². The fourth-order valence-corrected chi connectivity index (χ4v) is 3.59. The van der Waals surface area contributed by atoms with Crippen molar-refractivity contribution in [1.29, 1.82) is 0 Å². The summed E-state index contributed by atoms with van der Waals surface area (Å²) in [6.07, 6.45) is 0.284. The Morgan fingerprint density at radius 3 is 2.62 bits per heavy atom. The summed E-state index contributed by atoms with van der Waals surface area (Å²) in [5, 5.41) is 7.94. The first kappa shape index (κ1) is 14.8. The van der Waals surface area contributed by atoms with Crippen LogP contribution in [-0.4, -0.2) is 15.7 Å². The minimum Gasteiger partial charge on any atom is -0.311 e. The Bertz CT molecular complexity index is 992. The van der Waals surface area contributed by atoms with Crippen molar-refractivity contribution in [3.63, 3.8) is 0 Å². The number of aromatic amines is 1. The van der Waals surface area contributed by atoms with E-state index in [9.17, 15) is 9.59 Å². The Hall–Kier alpha value is -2.82. The maximum Gasteiger partial charge on any atom is 0.270 e. The minimum atomic E-state index is -0.233. The molecule has 0 spiro atoms. The molecule has 4 rings (SSSR count). The first-order valence-electron chi connectivity index (χ1n) is 8.18. The average molecular weight is 321 g/mol. The summed E-state index contributed by atoms with van der Waals surface area (Å²) in [6.45, 7) is 3.95. The van der Waals surface area contributed by atoms with E-state index >= 15 is 0 Å². The predicted octanol–water partition coefficient (Wildman–Crippen LogP) is 3.38. The van der Waals surface area contributed by atoms with Gasteiger partial charge in [-0.15, -0.1) is 0 Å². The van der Waals surface area contributed by atoms with Crippen LogP contribution in [0, 0.1) is 0 Å². The van der Waals surface area contributed by atoms with Gasteiger partial charge in [0.2, 0.25) is 5.91 Å². The van der Waals surface area contributed by atoms with Crippen LogP contribution in [0.4, 0.5) is 5.82 Å². The molecule has 3 aromatic rings. The van der Waals surface area contributed by atoms with E-state index in [1.165, 1.54) is 0 Å². The fraction of sp³-hybridized carbons (Fsp3) is 0.263. The third-order valence-corrected chi connectivity index (χ3v) is 4.67. The van der Waals surface area contributed by atoms with Gasteiger partial charge in [0.25, 0.3) is 5.56 Å². The van der Waals surface area contributed by atoms with Gasteiger partial charge in [-0.1, -0.05) is 42.5 Å². The molecule has 1 unspecified atom stereocenters. The van der Waals surface area contributed by atoms with Crippen LogP contribution in [-0.2, 0) is 4.79 Å². The summed E-state index contributed by atoms with van der Waals surface area (Å²) in [7, 11) is 0. The number of nitrogens with one attached hydrogen (secondary N) is 2. The van der Waals surface area contributed by atoms with Crippen LogP contribution < -0.4 is 10.9 Å². The summed E-state index contributed by atoms with van der Waals surface area (Å²) in [6, 6.07) is 14.2. The minimum absolute atomic E-state index is 0.0613. The monoisotopic (exact) mass is 321 g/mol. The molecule has 0 radical (unpaired) electrons. The number of anilines is 1. The first-order chi connectivity index (χ1) is 11.6. The summed E-state index contributed by atoms with van der Waals surface area (Å²) in [5.74, 6) is 0.307. The molecule has 2 aromatic carbocycles. The van der Waals surface area contributed by atoms with Gasteiger partial charge in [-0.25, -0.2) is 0 Å². The van der Waals surface area contributed by atoms with Crippen LogP contribution in [0.25, 0.3) is 10.8 Å². The Labute approximate surface area is 139 Å². The zero-order valence-electron chi connectivity index (χ0n) is 13.7. The summed E-state index contributed by atoms with van der Waals surface area (Å²) >= 11 is 0. The number of amides is 1. The lowest BCUT2D eigenvalue weighted by molar-refractivity contribution is -0.116. The van der Waals surface area contributed by atoms with Crippen molar-refractivity contribution in [2.45, 2.75) is 32.2 Å². The molecule has 0 bridgehead atoms. The number of carbonyl (C=O) groups is 1. The van der Waals surface area contributed by atoms with E-state index in [1.807, 2.05) is 56.3 Å². The Kier molecular flexibility index (Phi) is 3.30. The van der Waals surface area contributed by atoms with Crippen LogP contribution in [0.15, 0.2) is 47.3 Å². The fourth-order valence-electron chi connectivity index (χ4n) is 3.59. The van der Waals surface area contributed by atoms with E-state index in [2.05, 4.69) is 10.4 Å². The number of hydrogen-bond acceptors (Lipinski definition) is 2. The van der Waals surface area contributed by atoms with Crippen LogP contribution in [0.3, 0.4) is 0 Å². The molecule has 0 saturated heterocycles. The summed E-state index contributed by atoms with van der Waals surface area (Å²) < 4.78 is 1.74. The van der Waals surface area contributed by atoms with E-state index < -0.39 is 0 Å². The number of carbonyl (C=O) groups excluding carboxylic acids is 1. The molecule has 1 amide bonds. The second-order valence-electron chi connectivity index (χ2n) is 6.54. The summed E-state index contributed by atoms with van der Waals surface area (Å²) in [5.41, 5.74) is 1.55. The van der Waals surface area contributed by atoms with Gasteiger partial charge in [0.1, 0.15) is 5.82 Å². The highest BCUT2D eigenvalue weighted by Crippen LogP contribution is 2.38. The number of benzene rings is 2. The normalized spacial score (nSPS) is 17.1. The SMILES string of the molecule is CC(C)n1[nH]c(=O)c2c1NC(=O)CC2c1cccc2ccccc12. The Morgan fingerprint density at radius 2 is 1.83 bits per heavy atom. The molecule has 0 fully saturated rings. The van der Waals surface area contributed by atoms with E-state index in [-0.39, 0.29) is 29.8 Å². The molecule has 0 aliphatic carbocycles. The standard InChI is InChI=1S/C19H19N3O2/c1-11(2)22-18-17(19(24)21-22)15(10-16(23)20-18)14-9-5-7-12-6-3-4-8-13(12)14/h3-9,11,15H,10H2,1-2H3,(H,20,23)(H,21,24). The number of rotatable bonds is 2. The molecule has 122 valence electrons. The van der Waals surface area contributed by atoms with E-state index in [4.69, 9.17) is 0 Å². The van der Waals surface area contributed by atoms with Crippen molar-refractivity contribution < 1.29 is 4.79 Å². The van der Waals surface area contributed by atoms with Crippen LogP contribution in [0.1, 0.15) is 43.4 Å². The first-order valence-corrected chi connectivity index (χ1v) is 8.18. The molecule has 24 heavy (non-hydrogen) atoms. The number of fused-ring (bicyclic) bond motifs is 2. The van der Waals surface area contributed by atoms with Gasteiger partial charge in [-0.05, 0) is 30.2 Å². The predicted molar refractivity (Wildman–Crippen MR) is 94.5 cm³/mol. The van der Waals surface area contributed by atoms with Crippen LogP contribution in [0.5, 0.6) is 0 Å². The van der Waals surface area contributed by atoms with E-state index in [1.54, 1.807) is 4.68 Å². The number of nitrogens with zero attached hydrogens (tertiary/aromatic N) is 1. The second-order valence-corrected chi connectivity index (χ2v) is 6.54. The highest BCUT2D eigenvalue weighted by Gasteiger charge is 2.33. The summed E-state index contributed by atoms with van der Waals surface area (Å²) in [4.78, 5) is 24.9. The average Bonchev–Trinajstić information content (AvgIpc) is 2.90. The Balaban J connectivity index is 1.98. The third kappa shape index (κ3) is 2.16. The van der Waals surface area contributed by atoms with Gasteiger partial charge in [-0.2, -0.15) is 0 Å². The topological polar surface area (TPSA) is 66.9 Å². The molecular formula is C19H19N3O2. The van der Waals surface area contributed by atoms with Gasteiger partial charge in [0, 0.05) is 18.4 Å². The van der Waals surface area contributed by atoms with Crippen molar-refractivity contribution >= 4 is 22.5 Å². The number of aromatic nitrogens is 2. The number of H-pyrrole nitrogens is 1. The highest BCUT2D eigenvalue weighted by molar-refractivity contribution is 5.96. The van der Waals surface area contributed by atoms with Gasteiger partial charge in [0.05, 0.1) is 5.56 Å². The van der Waals surface area contributed by atoms with Crippen molar-refractivity contribution in [1.82, 2.24) is 9.78 Å². The molecule has 1 atom stereocenters. The molecular weight excluding hydrogens is 302 g/mol. The van der Waals surface area contributed by atoms with Gasteiger partial charge in [0.15, 0.2) is 0 Å². The zero-order valence-corrected chi connectivity index (χ0v) is 13.7. The molecule has 5 heteroatoms. The van der Waals surface area contributed by atoms with E-state index in [0.29, 0.717) is 11.4 Å². The molecule has 0 saturated carbocycles. The lowest BCUT2D eigenvalue weighted by Gasteiger charge is -2.25. The lowest BCUT2D eigenvalue weighted by Crippen LogP contribution is -2.27. The van der Waals surface area contributed by atoms with Crippen molar-refractivity contribution in [2.24, 2.45) is 0 Å². The second kappa shape index (κ2) is 5.37. The molecule has 2 N–H and O–H groups in total. The largest absolute Gasteiger partial charge is 0.311 e. The lowest BCUT2D eigenvalue weighted by atomic mass is 9.84. The Morgan fingerprint density at radius 1 is 1.08 bits per heavy atom.